The molecule has 0 saturated heterocycles. The average Bonchev–Trinajstić information content (AvgIpc) is 2.12. The maximum absolute atomic E-state index is 12.7. The number of rotatable bonds is 3. The van der Waals surface area contributed by atoms with E-state index in [1.54, 1.807) is 6.92 Å². The van der Waals surface area contributed by atoms with Crippen molar-refractivity contribution in [2.24, 2.45) is 0 Å². The largest absolute Gasteiger partial charge is 0.352 e. The Kier molecular flexibility index (Phi) is 3.56. The lowest BCUT2D eigenvalue weighted by Crippen LogP contribution is -2.21. The molecular weight excluding hydrogens is 188 g/mol. The first-order chi connectivity index (χ1) is 6.61. The Balaban J connectivity index is 2.63. The number of halogens is 2. The Bertz CT molecular complexity index is 319. The predicted octanol–water partition coefficient (Wildman–Crippen LogP) is 1.99. The van der Waals surface area contributed by atoms with Crippen molar-refractivity contribution in [1.82, 2.24) is 5.32 Å². The van der Waals surface area contributed by atoms with E-state index in [-0.39, 0.29) is 12.5 Å². The molecule has 14 heavy (non-hydrogen) atoms. The van der Waals surface area contributed by atoms with E-state index in [0.717, 1.165) is 6.07 Å². The quantitative estimate of drug-likeness (QED) is 0.792. The summed E-state index contributed by atoms with van der Waals surface area (Å²) in [7, 11) is 0. The number of hydrogen-bond acceptors (Lipinski definition) is 1. The first-order valence-corrected chi connectivity index (χ1v) is 4.33. The topological polar surface area (TPSA) is 29.1 Å². The van der Waals surface area contributed by atoms with Crippen molar-refractivity contribution in [2.45, 2.75) is 19.9 Å². The molecule has 0 fully saturated rings. The smallest absolute Gasteiger partial charge is 0.219 e. The van der Waals surface area contributed by atoms with Gasteiger partial charge in [0.1, 0.15) is 11.6 Å². The summed E-state index contributed by atoms with van der Waals surface area (Å²) in [5.74, 6) is -1.41. The molecule has 1 rings (SSSR count). The SMILES string of the molecule is CCC(=O)NCc1cc(F)cc(F)c1. The van der Waals surface area contributed by atoms with Gasteiger partial charge in [0.2, 0.25) is 5.91 Å². The summed E-state index contributed by atoms with van der Waals surface area (Å²) in [6.07, 6.45) is 0.359. The minimum Gasteiger partial charge on any atom is -0.352 e. The monoisotopic (exact) mass is 199 g/mol. The van der Waals surface area contributed by atoms with Crippen molar-refractivity contribution >= 4 is 5.91 Å². The van der Waals surface area contributed by atoms with Gasteiger partial charge in [0.05, 0.1) is 0 Å². The second-order valence-electron chi connectivity index (χ2n) is 2.91. The predicted molar refractivity (Wildman–Crippen MR) is 48.5 cm³/mol. The lowest BCUT2D eigenvalue weighted by Gasteiger charge is -2.03. The molecule has 0 heterocycles. The van der Waals surface area contributed by atoms with Gasteiger partial charge in [-0.25, -0.2) is 8.78 Å². The van der Waals surface area contributed by atoms with Crippen LogP contribution in [0.2, 0.25) is 0 Å². The van der Waals surface area contributed by atoms with Crippen LogP contribution < -0.4 is 5.32 Å². The van der Waals surface area contributed by atoms with E-state index in [1.807, 2.05) is 0 Å². The molecule has 0 spiro atoms. The van der Waals surface area contributed by atoms with Crippen LogP contribution in [0.3, 0.4) is 0 Å². The lowest BCUT2D eigenvalue weighted by atomic mass is 10.2. The van der Waals surface area contributed by atoms with Gasteiger partial charge in [-0.15, -0.1) is 0 Å². The molecule has 1 aromatic carbocycles. The van der Waals surface area contributed by atoms with Crippen molar-refractivity contribution in [3.8, 4) is 0 Å². The van der Waals surface area contributed by atoms with Crippen LogP contribution in [0.5, 0.6) is 0 Å². The fourth-order valence-electron chi connectivity index (χ4n) is 1.04. The number of nitrogens with one attached hydrogen (secondary N) is 1. The molecule has 0 saturated carbocycles. The van der Waals surface area contributed by atoms with Crippen LogP contribution in [0, 0.1) is 11.6 Å². The number of carbonyl (C=O) groups is 1. The Morgan fingerprint density at radius 3 is 2.36 bits per heavy atom. The minimum atomic E-state index is -0.634. The molecule has 2 nitrogen and oxygen atoms in total. The first kappa shape index (κ1) is 10.6. The standard InChI is InChI=1S/C10H11F2NO/c1-2-10(14)13-6-7-3-8(11)5-9(12)4-7/h3-5H,2,6H2,1H3,(H,13,14). The van der Waals surface area contributed by atoms with E-state index in [2.05, 4.69) is 5.32 Å². The Hall–Kier alpha value is -1.45. The summed E-state index contributed by atoms with van der Waals surface area (Å²) in [4.78, 5) is 10.9. The molecule has 1 aromatic rings. The molecule has 4 heteroatoms. The lowest BCUT2D eigenvalue weighted by molar-refractivity contribution is -0.120. The van der Waals surface area contributed by atoms with E-state index >= 15 is 0 Å². The van der Waals surface area contributed by atoms with Crippen molar-refractivity contribution in [3.63, 3.8) is 0 Å². The third-order valence-electron chi connectivity index (χ3n) is 1.73. The highest BCUT2D eigenvalue weighted by atomic mass is 19.1. The van der Waals surface area contributed by atoms with Crippen LogP contribution in [0.1, 0.15) is 18.9 Å². The summed E-state index contributed by atoms with van der Waals surface area (Å²) < 4.78 is 25.4. The molecule has 1 N–H and O–H groups in total. The Morgan fingerprint density at radius 1 is 1.29 bits per heavy atom. The van der Waals surface area contributed by atoms with E-state index in [4.69, 9.17) is 0 Å². The maximum Gasteiger partial charge on any atom is 0.219 e. The summed E-state index contributed by atoms with van der Waals surface area (Å²) in [5.41, 5.74) is 0.421. The van der Waals surface area contributed by atoms with Crippen molar-refractivity contribution in [2.75, 3.05) is 0 Å². The maximum atomic E-state index is 12.7. The number of hydrogen-bond donors (Lipinski definition) is 1. The Morgan fingerprint density at radius 2 is 1.86 bits per heavy atom. The van der Waals surface area contributed by atoms with Gasteiger partial charge >= 0.3 is 0 Å². The van der Waals surface area contributed by atoms with Gasteiger partial charge in [0, 0.05) is 19.0 Å². The summed E-state index contributed by atoms with van der Waals surface area (Å²) in [5, 5.41) is 2.53. The van der Waals surface area contributed by atoms with Gasteiger partial charge in [-0.2, -0.15) is 0 Å². The van der Waals surface area contributed by atoms with Crippen LogP contribution in [0.25, 0.3) is 0 Å². The minimum absolute atomic E-state index is 0.144. The molecule has 0 aromatic heterocycles. The summed E-state index contributed by atoms with van der Waals surface area (Å²) in [6.45, 7) is 1.86. The van der Waals surface area contributed by atoms with Gasteiger partial charge in [-0.3, -0.25) is 4.79 Å². The molecule has 0 bridgehead atoms. The van der Waals surface area contributed by atoms with Crippen molar-refractivity contribution in [3.05, 3.63) is 35.4 Å². The molecule has 0 aliphatic rings. The average molecular weight is 199 g/mol. The van der Waals surface area contributed by atoms with Gasteiger partial charge < -0.3 is 5.32 Å². The van der Waals surface area contributed by atoms with Gasteiger partial charge in [-0.1, -0.05) is 6.92 Å². The summed E-state index contributed by atoms with van der Waals surface area (Å²) in [6, 6.07) is 3.18. The molecule has 0 aliphatic heterocycles. The van der Waals surface area contributed by atoms with E-state index < -0.39 is 11.6 Å². The molecular formula is C10H11F2NO. The fraction of sp³-hybridized carbons (Fsp3) is 0.300. The highest BCUT2D eigenvalue weighted by Crippen LogP contribution is 2.07. The van der Waals surface area contributed by atoms with Crippen LogP contribution >= 0.6 is 0 Å². The van der Waals surface area contributed by atoms with Crippen molar-refractivity contribution < 1.29 is 13.6 Å². The zero-order valence-corrected chi connectivity index (χ0v) is 7.81. The zero-order valence-electron chi connectivity index (χ0n) is 7.81. The van der Waals surface area contributed by atoms with Gasteiger partial charge in [0.25, 0.3) is 0 Å². The number of amides is 1. The highest BCUT2D eigenvalue weighted by Gasteiger charge is 2.01. The van der Waals surface area contributed by atoms with Crippen molar-refractivity contribution in [1.29, 1.82) is 0 Å². The number of carbonyl (C=O) groups excluding carboxylic acids is 1. The molecule has 0 radical (unpaired) electrons. The van der Waals surface area contributed by atoms with E-state index in [1.165, 1.54) is 12.1 Å². The second-order valence-corrected chi connectivity index (χ2v) is 2.91. The molecule has 0 aliphatic carbocycles. The Labute approximate surface area is 80.9 Å². The molecule has 0 unspecified atom stereocenters. The van der Waals surface area contributed by atoms with Gasteiger partial charge in [-0.05, 0) is 17.7 Å². The zero-order chi connectivity index (χ0) is 10.6. The molecule has 0 atom stereocenters. The molecule has 76 valence electrons. The van der Waals surface area contributed by atoms with Crippen LogP contribution in [0.4, 0.5) is 8.78 Å². The summed E-state index contributed by atoms with van der Waals surface area (Å²) >= 11 is 0. The van der Waals surface area contributed by atoms with Crippen LogP contribution in [-0.2, 0) is 11.3 Å². The fourth-order valence-corrected chi connectivity index (χ4v) is 1.04. The number of benzene rings is 1. The third-order valence-corrected chi connectivity index (χ3v) is 1.73. The van der Waals surface area contributed by atoms with E-state index in [0.29, 0.717) is 12.0 Å². The second kappa shape index (κ2) is 4.69. The van der Waals surface area contributed by atoms with Crippen LogP contribution in [0.15, 0.2) is 18.2 Å². The third kappa shape index (κ3) is 3.12. The highest BCUT2D eigenvalue weighted by molar-refractivity contribution is 5.75. The van der Waals surface area contributed by atoms with Gasteiger partial charge in [0.15, 0.2) is 0 Å². The first-order valence-electron chi connectivity index (χ1n) is 4.33. The molecule has 1 amide bonds. The normalized spacial score (nSPS) is 9.93. The van der Waals surface area contributed by atoms with Crippen LogP contribution in [-0.4, -0.2) is 5.91 Å². The van der Waals surface area contributed by atoms with E-state index in [9.17, 15) is 13.6 Å².